The predicted octanol–water partition coefficient (Wildman–Crippen LogP) is 0.699. The van der Waals surface area contributed by atoms with Gasteiger partial charge in [-0.25, -0.2) is 0 Å². The average molecular weight is 225 g/mol. The first-order valence-electron chi connectivity index (χ1n) is 5.78. The fraction of sp³-hybridized carbons (Fsp3) is 0.727. The van der Waals surface area contributed by atoms with Gasteiger partial charge in [0.1, 0.15) is 12.0 Å². The Balaban J connectivity index is 1.80. The van der Waals surface area contributed by atoms with Crippen molar-refractivity contribution in [1.29, 1.82) is 0 Å². The number of anilines is 1. The summed E-state index contributed by atoms with van der Waals surface area (Å²) in [6, 6.07) is 0.586. The van der Waals surface area contributed by atoms with Crippen LogP contribution in [-0.4, -0.2) is 48.2 Å². The molecule has 90 valence electrons. The van der Waals surface area contributed by atoms with Gasteiger partial charge in [-0.15, -0.1) is 0 Å². The van der Waals surface area contributed by atoms with Gasteiger partial charge in [0.25, 0.3) is 6.01 Å². The Morgan fingerprint density at radius 3 is 2.88 bits per heavy atom. The molecule has 1 fully saturated rings. The van der Waals surface area contributed by atoms with E-state index in [-0.39, 0.29) is 6.61 Å². The molecule has 5 heteroatoms. The van der Waals surface area contributed by atoms with Crippen LogP contribution in [0.1, 0.15) is 18.5 Å². The maximum Gasteiger partial charge on any atom is 0.297 e. The summed E-state index contributed by atoms with van der Waals surface area (Å²) in [6.45, 7) is 4.31. The van der Waals surface area contributed by atoms with Crippen molar-refractivity contribution >= 4 is 6.01 Å². The quantitative estimate of drug-likeness (QED) is 0.799. The zero-order valence-corrected chi connectivity index (χ0v) is 9.72. The van der Waals surface area contributed by atoms with Gasteiger partial charge in [-0.1, -0.05) is 0 Å². The summed E-state index contributed by atoms with van der Waals surface area (Å²) >= 11 is 0. The maximum atomic E-state index is 8.89. The van der Waals surface area contributed by atoms with Crippen LogP contribution in [0.25, 0.3) is 0 Å². The molecule has 1 aliphatic heterocycles. The Kier molecular flexibility index (Phi) is 3.79. The van der Waals surface area contributed by atoms with Crippen LogP contribution in [0.3, 0.4) is 0 Å². The molecule has 0 radical (unpaired) electrons. The van der Waals surface area contributed by atoms with E-state index in [9.17, 15) is 0 Å². The maximum absolute atomic E-state index is 8.89. The van der Waals surface area contributed by atoms with Crippen LogP contribution >= 0.6 is 0 Å². The lowest BCUT2D eigenvalue weighted by Crippen LogP contribution is -2.31. The van der Waals surface area contributed by atoms with Gasteiger partial charge in [-0.3, -0.25) is 0 Å². The van der Waals surface area contributed by atoms with Crippen molar-refractivity contribution in [3.05, 3.63) is 12.0 Å². The molecule has 1 aromatic rings. The van der Waals surface area contributed by atoms with Crippen LogP contribution in [0.15, 0.2) is 10.7 Å². The molecule has 0 atom stereocenters. The molecule has 0 unspecified atom stereocenters. The molecule has 1 aliphatic rings. The second-order valence-electron chi connectivity index (χ2n) is 4.25. The molecule has 5 nitrogen and oxygen atoms in total. The number of likely N-dealkylation sites (N-methyl/N-ethyl adjacent to an activating group) is 1. The Morgan fingerprint density at radius 1 is 1.50 bits per heavy atom. The summed E-state index contributed by atoms with van der Waals surface area (Å²) in [5, 5.41) is 8.89. The molecule has 0 bridgehead atoms. The number of aromatic nitrogens is 1. The monoisotopic (exact) mass is 225 g/mol. The summed E-state index contributed by atoms with van der Waals surface area (Å²) < 4.78 is 5.27. The number of nitrogens with zero attached hydrogens (tertiary/aromatic N) is 3. The van der Waals surface area contributed by atoms with Crippen molar-refractivity contribution in [2.45, 2.75) is 19.4 Å². The van der Waals surface area contributed by atoms with Crippen LogP contribution in [0.2, 0.25) is 0 Å². The molecule has 0 spiro atoms. The molecule has 1 aromatic heterocycles. The molecule has 16 heavy (non-hydrogen) atoms. The minimum absolute atomic E-state index is 0.0660. The first kappa shape index (κ1) is 11.4. The standard InChI is InChI=1S/C11H19N3O2/c1-13(6-7-14-4-2-3-5-14)11-12-10(8-15)9-16-11/h9,15H,2-8H2,1H3. The van der Waals surface area contributed by atoms with Gasteiger partial charge >= 0.3 is 0 Å². The van der Waals surface area contributed by atoms with Crippen molar-refractivity contribution in [2.75, 3.05) is 38.1 Å². The molecule has 2 heterocycles. The van der Waals surface area contributed by atoms with Gasteiger partial charge in [0, 0.05) is 20.1 Å². The normalized spacial score (nSPS) is 16.9. The topological polar surface area (TPSA) is 52.7 Å². The SMILES string of the molecule is CN(CCN1CCCC1)c1nc(CO)co1. The van der Waals surface area contributed by atoms with Crippen LogP contribution in [0.5, 0.6) is 0 Å². The van der Waals surface area contributed by atoms with Gasteiger partial charge in [0.15, 0.2) is 0 Å². The van der Waals surface area contributed by atoms with E-state index in [4.69, 9.17) is 9.52 Å². The minimum atomic E-state index is -0.0660. The van der Waals surface area contributed by atoms with E-state index in [2.05, 4.69) is 9.88 Å². The van der Waals surface area contributed by atoms with Crippen LogP contribution in [0.4, 0.5) is 6.01 Å². The highest BCUT2D eigenvalue weighted by molar-refractivity contribution is 5.24. The summed E-state index contributed by atoms with van der Waals surface area (Å²) in [5.74, 6) is 0. The highest BCUT2D eigenvalue weighted by Gasteiger charge is 2.13. The van der Waals surface area contributed by atoms with E-state index >= 15 is 0 Å². The lowest BCUT2D eigenvalue weighted by Gasteiger charge is -2.19. The van der Waals surface area contributed by atoms with E-state index in [1.54, 1.807) is 0 Å². The second-order valence-corrected chi connectivity index (χ2v) is 4.25. The first-order chi connectivity index (χ1) is 7.79. The number of oxazole rings is 1. The average Bonchev–Trinajstić information content (AvgIpc) is 2.96. The number of likely N-dealkylation sites (tertiary alicyclic amines) is 1. The second kappa shape index (κ2) is 5.32. The highest BCUT2D eigenvalue weighted by atomic mass is 16.4. The van der Waals surface area contributed by atoms with Gasteiger partial charge in [-0.2, -0.15) is 4.98 Å². The summed E-state index contributed by atoms with van der Waals surface area (Å²) in [6.07, 6.45) is 4.14. The molecule has 0 saturated carbocycles. The third-order valence-electron chi connectivity index (χ3n) is 2.98. The van der Waals surface area contributed by atoms with E-state index in [0.717, 1.165) is 13.1 Å². The van der Waals surface area contributed by atoms with Gasteiger partial charge in [0.05, 0.1) is 6.61 Å². The van der Waals surface area contributed by atoms with Crippen molar-refractivity contribution < 1.29 is 9.52 Å². The predicted molar refractivity (Wildman–Crippen MR) is 61.4 cm³/mol. The zero-order valence-electron chi connectivity index (χ0n) is 9.72. The lowest BCUT2D eigenvalue weighted by molar-refractivity contribution is 0.276. The number of hydrogen-bond donors (Lipinski definition) is 1. The lowest BCUT2D eigenvalue weighted by atomic mass is 10.4. The molecule has 2 rings (SSSR count). The smallest absolute Gasteiger partial charge is 0.297 e. The fourth-order valence-electron chi connectivity index (χ4n) is 1.94. The number of aliphatic hydroxyl groups is 1. The first-order valence-corrected chi connectivity index (χ1v) is 5.78. The third-order valence-corrected chi connectivity index (χ3v) is 2.98. The summed E-state index contributed by atoms with van der Waals surface area (Å²) in [5.41, 5.74) is 0.586. The Hall–Kier alpha value is -1.07. The highest BCUT2D eigenvalue weighted by Crippen LogP contribution is 2.12. The Bertz CT molecular complexity index is 321. The molecular weight excluding hydrogens is 206 g/mol. The Morgan fingerprint density at radius 2 is 2.25 bits per heavy atom. The van der Waals surface area contributed by atoms with Crippen molar-refractivity contribution in [2.24, 2.45) is 0 Å². The number of hydrogen-bond acceptors (Lipinski definition) is 5. The van der Waals surface area contributed by atoms with E-state index in [0.29, 0.717) is 11.7 Å². The van der Waals surface area contributed by atoms with Crippen molar-refractivity contribution in [1.82, 2.24) is 9.88 Å². The number of rotatable bonds is 5. The van der Waals surface area contributed by atoms with Crippen LogP contribution < -0.4 is 4.90 Å². The van der Waals surface area contributed by atoms with E-state index in [1.807, 2.05) is 11.9 Å². The van der Waals surface area contributed by atoms with Crippen molar-refractivity contribution in [3.63, 3.8) is 0 Å². The molecule has 1 N–H and O–H groups in total. The Labute approximate surface area is 95.7 Å². The third kappa shape index (κ3) is 2.74. The molecular formula is C11H19N3O2. The van der Waals surface area contributed by atoms with Crippen molar-refractivity contribution in [3.8, 4) is 0 Å². The molecule has 0 amide bonds. The molecule has 0 aromatic carbocycles. The fourth-order valence-corrected chi connectivity index (χ4v) is 1.94. The van der Waals surface area contributed by atoms with Gasteiger partial charge < -0.3 is 19.3 Å². The van der Waals surface area contributed by atoms with E-state index in [1.165, 1.54) is 32.2 Å². The van der Waals surface area contributed by atoms with Gasteiger partial charge in [-0.05, 0) is 25.9 Å². The number of aliphatic hydroxyl groups excluding tert-OH is 1. The van der Waals surface area contributed by atoms with Crippen LogP contribution in [0, 0.1) is 0 Å². The van der Waals surface area contributed by atoms with E-state index < -0.39 is 0 Å². The zero-order chi connectivity index (χ0) is 11.4. The minimum Gasteiger partial charge on any atom is -0.432 e. The van der Waals surface area contributed by atoms with Gasteiger partial charge in [0.2, 0.25) is 0 Å². The molecule has 0 aliphatic carbocycles. The summed E-state index contributed by atoms with van der Waals surface area (Å²) in [4.78, 5) is 8.60. The molecule has 1 saturated heterocycles. The largest absolute Gasteiger partial charge is 0.432 e. The van der Waals surface area contributed by atoms with Crippen LogP contribution in [-0.2, 0) is 6.61 Å². The summed E-state index contributed by atoms with van der Waals surface area (Å²) in [7, 11) is 1.96.